The Kier molecular flexibility index (Phi) is 5.37. The lowest BCUT2D eigenvalue weighted by Crippen LogP contribution is -2.22. The summed E-state index contributed by atoms with van der Waals surface area (Å²) in [6.07, 6.45) is 5.64. The number of hydrogen-bond donors (Lipinski definition) is 0. The van der Waals surface area contributed by atoms with Gasteiger partial charge in [0.15, 0.2) is 16.3 Å². The second-order valence-corrected chi connectivity index (χ2v) is 8.42. The number of fused-ring (bicyclic) bond motifs is 3. The Morgan fingerprint density at radius 1 is 1.06 bits per heavy atom. The zero-order valence-corrected chi connectivity index (χ0v) is 18.9. The molecule has 0 fully saturated rings. The smallest absolute Gasteiger partial charge is 0.260 e. The van der Waals surface area contributed by atoms with Gasteiger partial charge < -0.3 is 18.8 Å². The molecule has 33 heavy (non-hydrogen) atoms. The van der Waals surface area contributed by atoms with Crippen LogP contribution in [0.3, 0.4) is 0 Å². The zero-order valence-electron chi connectivity index (χ0n) is 18.1. The number of ether oxygens (including phenoxy) is 3. The van der Waals surface area contributed by atoms with Crippen molar-refractivity contribution in [3.8, 4) is 35.3 Å². The first-order chi connectivity index (χ1) is 16.1. The number of carbonyl (C=O) groups excluding carboxylic acids is 1. The van der Waals surface area contributed by atoms with Gasteiger partial charge in [0, 0.05) is 23.3 Å². The molecule has 2 heterocycles. The Morgan fingerprint density at radius 2 is 1.67 bits per heavy atom. The number of amides is 1. The normalized spacial score (nSPS) is 13.1. The molecule has 0 saturated heterocycles. The molecule has 4 aromatic rings. The Labute approximate surface area is 194 Å². The van der Waals surface area contributed by atoms with Crippen molar-refractivity contribution in [2.75, 3.05) is 14.2 Å². The summed E-state index contributed by atoms with van der Waals surface area (Å²) in [6.45, 7) is 0.266. The van der Waals surface area contributed by atoms with E-state index < -0.39 is 5.92 Å². The van der Waals surface area contributed by atoms with Gasteiger partial charge in [0.05, 0.1) is 36.9 Å². The number of methoxy groups -OCH3 is 2. The average Bonchev–Trinajstić information content (AvgIpc) is 3.17. The Bertz CT molecular complexity index is 1450. The molecule has 0 N–H and O–H groups in total. The van der Waals surface area contributed by atoms with Gasteiger partial charge in [0.25, 0.3) is 5.91 Å². The molecule has 0 bridgehead atoms. The van der Waals surface area contributed by atoms with Crippen molar-refractivity contribution >= 4 is 27.5 Å². The van der Waals surface area contributed by atoms with Crippen LogP contribution in [0.15, 0.2) is 65.7 Å². The topological polar surface area (TPSA) is 62.1 Å². The number of rotatable bonds is 4. The molecule has 0 unspecified atom stereocenters. The highest BCUT2D eigenvalue weighted by Gasteiger charge is 2.32. The Morgan fingerprint density at radius 3 is 2.27 bits per heavy atom. The third kappa shape index (κ3) is 3.55. The van der Waals surface area contributed by atoms with Crippen molar-refractivity contribution in [3.63, 3.8) is 0 Å². The maximum absolute atomic E-state index is 13.6. The van der Waals surface area contributed by atoms with Gasteiger partial charge in [0.1, 0.15) is 11.5 Å². The molecule has 0 saturated carbocycles. The van der Waals surface area contributed by atoms with Gasteiger partial charge in [-0.15, -0.1) is 6.42 Å². The molecule has 0 radical (unpaired) electrons. The molecule has 1 amide bonds. The SMILES string of the molecule is C#CCn1c(=NC(=O)C2c3ccccc3Oc3ccccc32)sc2cc(OC)c(OC)cc21. The fourth-order valence-corrected chi connectivity index (χ4v) is 5.11. The minimum absolute atomic E-state index is 0.266. The highest BCUT2D eigenvalue weighted by molar-refractivity contribution is 7.16. The summed E-state index contributed by atoms with van der Waals surface area (Å²) in [6, 6.07) is 18.8. The molecule has 0 atom stereocenters. The van der Waals surface area contributed by atoms with E-state index in [1.54, 1.807) is 14.2 Å². The van der Waals surface area contributed by atoms with Crippen LogP contribution in [-0.2, 0) is 11.3 Å². The minimum atomic E-state index is -0.570. The van der Waals surface area contributed by atoms with Crippen LogP contribution in [0, 0.1) is 12.3 Å². The molecular formula is C26H20N2O4S. The predicted molar refractivity (Wildman–Crippen MR) is 127 cm³/mol. The number of nitrogens with zero attached hydrogens (tertiary/aromatic N) is 2. The fraction of sp³-hybridized carbons (Fsp3) is 0.154. The summed E-state index contributed by atoms with van der Waals surface area (Å²) in [5.74, 6) is 4.31. The molecule has 1 aliphatic heterocycles. The van der Waals surface area contributed by atoms with Crippen LogP contribution in [0.2, 0.25) is 0 Å². The summed E-state index contributed by atoms with van der Waals surface area (Å²) >= 11 is 1.38. The highest BCUT2D eigenvalue weighted by Crippen LogP contribution is 2.44. The van der Waals surface area contributed by atoms with E-state index in [0.717, 1.165) is 21.3 Å². The van der Waals surface area contributed by atoms with Crippen LogP contribution >= 0.6 is 11.3 Å². The second-order valence-electron chi connectivity index (χ2n) is 7.41. The number of aromatic nitrogens is 1. The van der Waals surface area contributed by atoms with E-state index in [-0.39, 0.29) is 12.5 Å². The van der Waals surface area contributed by atoms with E-state index in [1.165, 1.54) is 11.3 Å². The molecule has 1 aliphatic rings. The number of hydrogen-bond acceptors (Lipinski definition) is 5. The molecule has 164 valence electrons. The van der Waals surface area contributed by atoms with Crippen LogP contribution in [0.5, 0.6) is 23.0 Å². The van der Waals surface area contributed by atoms with E-state index in [0.29, 0.717) is 27.8 Å². The summed E-state index contributed by atoms with van der Waals surface area (Å²) in [5, 5.41) is 0. The number of carbonyl (C=O) groups is 1. The number of para-hydroxylation sites is 2. The maximum Gasteiger partial charge on any atom is 0.260 e. The molecule has 7 heteroatoms. The van der Waals surface area contributed by atoms with Gasteiger partial charge in [-0.3, -0.25) is 4.79 Å². The summed E-state index contributed by atoms with van der Waals surface area (Å²) in [7, 11) is 3.16. The van der Waals surface area contributed by atoms with Crippen molar-refractivity contribution in [3.05, 3.63) is 76.6 Å². The predicted octanol–water partition coefficient (Wildman–Crippen LogP) is 4.72. The van der Waals surface area contributed by atoms with Crippen molar-refractivity contribution < 1.29 is 19.0 Å². The number of benzene rings is 3. The molecule has 5 rings (SSSR count). The van der Waals surface area contributed by atoms with Gasteiger partial charge in [-0.25, -0.2) is 0 Å². The first-order valence-corrected chi connectivity index (χ1v) is 11.1. The van der Waals surface area contributed by atoms with Crippen molar-refractivity contribution in [2.24, 2.45) is 4.99 Å². The molecule has 3 aromatic carbocycles. The van der Waals surface area contributed by atoms with Crippen molar-refractivity contribution in [1.29, 1.82) is 0 Å². The maximum atomic E-state index is 13.6. The van der Waals surface area contributed by atoms with Gasteiger partial charge in [-0.05, 0) is 12.1 Å². The number of thiazole rings is 1. The molecule has 1 aromatic heterocycles. The molecule has 6 nitrogen and oxygen atoms in total. The summed E-state index contributed by atoms with van der Waals surface area (Å²) < 4.78 is 19.6. The second kappa shape index (κ2) is 8.49. The monoisotopic (exact) mass is 456 g/mol. The van der Waals surface area contributed by atoms with Crippen LogP contribution in [0.25, 0.3) is 10.2 Å². The molecule has 0 aliphatic carbocycles. The fourth-order valence-electron chi connectivity index (χ4n) is 4.06. The molecular weight excluding hydrogens is 436 g/mol. The van der Waals surface area contributed by atoms with E-state index in [4.69, 9.17) is 20.6 Å². The first kappa shape index (κ1) is 20.9. The quantitative estimate of drug-likeness (QED) is 0.417. The van der Waals surface area contributed by atoms with Crippen molar-refractivity contribution in [1.82, 2.24) is 4.57 Å². The Hall–Kier alpha value is -4.02. The zero-order chi connectivity index (χ0) is 22.9. The van der Waals surface area contributed by atoms with Crippen LogP contribution in [-0.4, -0.2) is 24.7 Å². The van der Waals surface area contributed by atoms with E-state index >= 15 is 0 Å². The minimum Gasteiger partial charge on any atom is -0.493 e. The van der Waals surface area contributed by atoms with Crippen LogP contribution in [0.1, 0.15) is 17.0 Å². The summed E-state index contributed by atoms with van der Waals surface area (Å²) in [4.78, 5) is 18.7. The standard InChI is InChI=1S/C26H20N2O4S/c1-4-13-28-18-14-21(30-2)22(31-3)15-23(18)33-26(28)27-25(29)24-16-9-5-7-11-19(16)32-20-12-8-6-10-17(20)24/h1,5-12,14-15,24H,13H2,2-3H3. The highest BCUT2D eigenvalue weighted by atomic mass is 32.1. The average molecular weight is 457 g/mol. The number of terminal acetylenes is 1. The van der Waals surface area contributed by atoms with E-state index in [2.05, 4.69) is 10.9 Å². The van der Waals surface area contributed by atoms with Gasteiger partial charge in [-0.2, -0.15) is 4.99 Å². The van der Waals surface area contributed by atoms with Crippen LogP contribution in [0.4, 0.5) is 0 Å². The lowest BCUT2D eigenvalue weighted by atomic mass is 9.87. The lowest BCUT2D eigenvalue weighted by molar-refractivity contribution is -0.118. The molecule has 0 spiro atoms. The first-order valence-electron chi connectivity index (χ1n) is 10.3. The third-order valence-corrected chi connectivity index (χ3v) is 6.61. The Balaban J connectivity index is 1.69. The summed E-state index contributed by atoms with van der Waals surface area (Å²) in [5.41, 5.74) is 2.41. The largest absolute Gasteiger partial charge is 0.493 e. The van der Waals surface area contributed by atoms with Crippen LogP contribution < -0.4 is 19.0 Å². The third-order valence-electron chi connectivity index (χ3n) is 5.57. The van der Waals surface area contributed by atoms with Crippen molar-refractivity contribution in [2.45, 2.75) is 12.5 Å². The van der Waals surface area contributed by atoms with Gasteiger partial charge in [-0.1, -0.05) is 53.7 Å². The van der Waals surface area contributed by atoms with E-state index in [9.17, 15) is 4.79 Å². The van der Waals surface area contributed by atoms with E-state index in [1.807, 2.05) is 65.2 Å². The van der Waals surface area contributed by atoms with Gasteiger partial charge in [0.2, 0.25) is 0 Å². The van der Waals surface area contributed by atoms with Gasteiger partial charge >= 0.3 is 0 Å². The lowest BCUT2D eigenvalue weighted by Gasteiger charge is -2.25.